The van der Waals surface area contributed by atoms with Crippen LogP contribution in [0.4, 0.5) is 0 Å². The summed E-state index contributed by atoms with van der Waals surface area (Å²) in [5, 5.41) is 0. The number of rotatable bonds is 3. The lowest BCUT2D eigenvalue weighted by Crippen LogP contribution is -2.26. The zero-order valence-corrected chi connectivity index (χ0v) is 11.1. The number of carbonyl (C=O) groups is 1. The molecule has 0 N–H and O–H groups in total. The van der Waals surface area contributed by atoms with E-state index in [4.69, 9.17) is 0 Å². The first-order chi connectivity index (χ1) is 9.28. The van der Waals surface area contributed by atoms with Gasteiger partial charge < -0.3 is 4.90 Å². The molecule has 1 aliphatic heterocycles. The molecular weight excluding hydrogens is 234 g/mol. The fourth-order valence-corrected chi connectivity index (χ4v) is 4.09. The van der Waals surface area contributed by atoms with Gasteiger partial charge in [-0.05, 0) is 41.7 Å². The second-order valence-electron chi connectivity index (χ2n) is 6.30. The highest BCUT2D eigenvalue weighted by Crippen LogP contribution is 2.68. The third kappa shape index (κ3) is 1.73. The molecule has 1 heterocycles. The smallest absolute Gasteiger partial charge is 0.247 e. The van der Waals surface area contributed by atoms with E-state index >= 15 is 0 Å². The first kappa shape index (κ1) is 11.3. The molecule has 4 rings (SSSR count). The molecule has 1 aromatic carbocycles. The highest BCUT2D eigenvalue weighted by atomic mass is 16.2. The molecule has 19 heavy (non-hydrogen) atoms. The first-order valence-electron chi connectivity index (χ1n) is 7.32. The van der Waals surface area contributed by atoms with E-state index in [9.17, 15) is 4.79 Å². The molecule has 2 atom stereocenters. The summed E-state index contributed by atoms with van der Waals surface area (Å²) in [7, 11) is 0. The summed E-state index contributed by atoms with van der Waals surface area (Å²) in [5.74, 6) is 1.11. The monoisotopic (exact) mass is 253 g/mol. The van der Waals surface area contributed by atoms with E-state index in [1.807, 2.05) is 29.2 Å². The maximum absolute atomic E-state index is 12.2. The van der Waals surface area contributed by atoms with Gasteiger partial charge in [0.15, 0.2) is 0 Å². The Bertz CT molecular complexity index is 548. The first-order valence-corrected chi connectivity index (χ1v) is 7.32. The van der Waals surface area contributed by atoms with E-state index in [0.717, 1.165) is 19.0 Å². The summed E-state index contributed by atoms with van der Waals surface area (Å²) in [5.41, 5.74) is 3.10. The van der Waals surface area contributed by atoms with Crippen LogP contribution in [0.3, 0.4) is 0 Å². The second-order valence-corrected chi connectivity index (χ2v) is 6.30. The Hall–Kier alpha value is -1.57. The maximum Gasteiger partial charge on any atom is 0.247 e. The van der Waals surface area contributed by atoms with Crippen LogP contribution in [0, 0.1) is 11.3 Å². The van der Waals surface area contributed by atoms with Crippen LogP contribution in [-0.2, 0) is 11.3 Å². The lowest BCUT2D eigenvalue weighted by molar-refractivity contribution is -0.125. The predicted molar refractivity (Wildman–Crippen MR) is 74.3 cm³/mol. The molecule has 1 aromatic rings. The maximum atomic E-state index is 12.2. The van der Waals surface area contributed by atoms with E-state index in [-0.39, 0.29) is 5.91 Å². The number of hydrogen-bond donors (Lipinski definition) is 0. The minimum absolute atomic E-state index is 0.214. The minimum atomic E-state index is 0.214. The van der Waals surface area contributed by atoms with Crippen molar-refractivity contribution in [2.75, 3.05) is 6.54 Å². The Morgan fingerprint density at radius 2 is 2.11 bits per heavy atom. The van der Waals surface area contributed by atoms with Crippen molar-refractivity contribution in [2.24, 2.45) is 11.3 Å². The fraction of sp³-hybridized carbons (Fsp3) is 0.471. The lowest BCUT2D eigenvalue weighted by atomic mass is 9.93. The number of carbonyl (C=O) groups excluding carboxylic acids is 1. The van der Waals surface area contributed by atoms with Crippen molar-refractivity contribution in [2.45, 2.75) is 32.2 Å². The molecule has 98 valence electrons. The van der Waals surface area contributed by atoms with E-state index in [2.05, 4.69) is 12.1 Å². The summed E-state index contributed by atoms with van der Waals surface area (Å²) >= 11 is 0. The van der Waals surface area contributed by atoms with Gasteiger partial charge in [0.1, 0.15) is 0 Å². The van der Waals surface area contributed by atoms with Crippen molar-refractivity contribution in [1.29, 1.82) is 0 Å². The molecule has 3 aliphatic rings. The van der Waals surface area contributed by atoms with Gasteiger partial charge in [-0.2, -0.15) is 0 Å². The molecule has 2 fully saturated rings. The van der Waals surface area contributed by atoms with Crippen molar-refractivity contribution in [3.05, 3.63) is 47.5 Å². The number of amides is 1. The van der Waals surface area contributed by atoms with Gasteiger partial charge in [0.25, 0.3) is 0 Å². The van der Waals surface area contributed by atoms with Crippen LogP contribution in [0.2, 0.25) is 0 Å². The van der Waals surface area contributed by atoms with Gasteiger partial charge in [0.2, 0.25) is 5.91 Å². The highest BCUT2D eigenvalue weighted by molar-refractivity contribution is 5.91. The van der Waals surface area contributed by atoms with Crippen LogP contribution in [-0.4, -0.2) is 17.4 Å². The fourth-order valence-electron chi connectivity index (χ4n) is 4.09. The topological polar surface area (TPSA) is 20.3 Å². The van der Waals surface area contributed by atoms with Crippen LogP contribution in [0.1, 0.15) is 31.2 Å². The Kier molecular flexibility index (Phi) is 2.35. The van der Waals surface area contributed by atoms with Crippen molar-refractivity contribution >= 4 is 5.91 Å². The normalized spacial score (nSPS) is 32.4. The lowest BCUT2D eigenvalue weighted by Gasteiger charge is -2.19. The molecule has 2 nitrogen and oxygen atoms in total. The number of fused-ring (bicyclic) bond motifs is 1. The molecule has 0 bridgehead atoms. The van der Waals surface area contributed by atoms with E-state index in [1.165, 1.54) is 36.8 Å². The molecule has 1 amide bonds. The summed E-state index contributed by atoms with van der Waals surface area (Å²) in [4.78, 5) is 14.1. The van der Waals surface area contributed by atoms with Gasteiger partial charge in [-0.25, -0.2) is 0 Å². The third-order valence-electron chi connectivity index (χ3n) is 5.23. The van der Waals surface area contributed by atoms with E-state index in [1.54, 1.807) is 0 Å². The molecule has 0 spiro atoms. The Balaban J connectivity index is 1.49. The molecule has 2 aliphatic carbocycles. The Labute approximate surface area is 114 Å². The zero-order valence-electron chi connectivity index (χ0n) is 11.1. The van der Waals surface area contributed by atoms with E-state index in [0.29, 0.717) is 5.41 Å². The summed E-state index contributed by atoms with van der Waals surface area (Å²) in [6, 6.07) is 10.3. The van der Waals surface area contributed by atoms with Crippen LogP contribution in [0.5, 0.6) is 0 Å². The minimum Gasteiger partial charge on any atom is -0.331 e. The molecular formula is C17H19NO. The molecule has 0 aromatic heterocycles. The van der Waals surface area contributed by atoms with E-state index < -0.39 is 0 Å². The average Bonchev–Trinajstić information content (AvgIpc) is 2.78. The molecule has 2 saturated carbocycles. The number of benzene rings is 1. The molecule has 0 radical (unpaired) electrons. The van der Waals surface area contributed by atoms with Crippen LogP contribution in [0.25, 0.3) is 0 Å². The Morgan fingerprint density at radius 3 is 2.79 bits per heavy atom. The summed E-state index contributed by atoms with van der Waals surface area (Å²) in [6.45, 7) is 1.62. The van der Waals surface area contributed by atoms with Gasteiger partial charge in [0.05, 0.1) is 0 Å². The van der Waals surface area contributed by atoms with Crippen molar-refractivity contribution < 1.29 is 4.79 Å². The van der Waals surface area contributed by atoms with Crippen LogP contribution < -0.4 is 0 Å². The van der Waals surface area contributed by atoms with Crippen LogP contribution in [0.15, 0.2) is 42.0 Å². The molecule has 0 saturated heterocycles. The van der Waals surface area contributed by atoms with Crippen LogP contribution >= 0.6 is 0 Å². The SMILES string of the molecule is O=C1C=C(C23CCCC2C3)CN1Cc1ccccc1. The van der Waals surface area contributed by atoms with Crippen molar-refractivity contribution in [3.8, 4) is 0 Å². The zero-order chi connectivity index (χ0) is 12.9. The number of hydrogen-bond acceptors (Lipinski definition) is 1. The highest BCUT2D eigenvalue weighted by Gasteiger charge is 2.59. The number of nitrogens with zero attached hydrogens (tertiary/aromatic N) is 1. The quantitative estimate of drug-likeness (QED) is 0.810. The molecule has 2 unspecified atom stereocenters. The second kappa shape index (κ2) is 3.96. The van der Waals surface area contributed by atoms with Crippen molar-refractivity contribution in [1.82, 2.24) is 4.90 Å². The largest absolute Gasteiger partial charge is 0.331 e. The van der Waals surface area contributed by atoms with Gasteiger partial charge >= 0.3 is 0 Å². The molecule has 2 heteroatoms. The Morgan fingerprint density at radius 1 is 1.26 bits per heavy atom. The van der Waals surface area contributed by atoms with Gasteiger partial charge in [0, 0.05) is 19.2 Å². The van der Waals surface area contributed by atoms with Gasteiger partial charge in [-0.1, -0.05) is 36.8 Å². The average molecular weight is 253 g/mol. The standard InChI is InChI=1S/C17H19NO/c19-16-9-15(17-8-4-7-14(17)10-17)12-18(16)11-13-5-2-1-3-6-13/h1-3,5-6,9,14H,4,7-8,10-12H2. The third-order valence-corrected chi connectivity index (χ3v) is 5.23. The van der Waals surface area contributed by atoms with Gasteiger partial charge in [-0.3, -0.25) is 4.79 Å². The van der Waals surface area contributed by atoms with Crippen molar-refractivity contribution in [3.63, 3.8) is 0 Å². The predicted octanol–water partition coefficient (Wildman–Crippen LogP) is 3.15. The summed E-state index contributed by atoms with van der Waals surface area (Å²) in [6.07, 6.45) is 7.33. The summed E-state index contributed by atoms with van der Waals surface area (Å²) < 4.78 is 0. The van der Waals surface area contributed by atoms with Gasteiger partial charge in [-0.15, -0.1) is 0 Å².